The molecule has 2 aliphatic carbocycles. The predicted molar refractivity (Wildman–Crippen MR) is 181 cm³/mol. The van der Waals surface area contributed by atoms with Gasteiger partial charge in [-0.15, -0.1) is 0 Å². The van der Waals surface area contributed by atoms with Gasteiger partial charge in [-0.2, -0.15) is 5.26 Å². The molecule has 2 heterocycles. The molecule has 3 nitrogen and oxygen atoms in total. The highest BCUT2D eigenvalue weighted by atomic mass is 19.3. The fraction of sp³-hybridized carbons (Fsp3) is 0.415. The van der Waals surface area contributed by atoms with Crippen molar-refractivity contribution in [3.63, 3.8) is 0 Å². The van der Waals surface area contributed by atoms with Gasteiger partial charge in [0.1, 0.15) is 18.2 Å². The van der Waals surface area contributed by atoms with Crippen molar-refractivity contribution in [3.8, 4) is 28.5 Å². The van der Waals surface area contributed by atoms with Crippen LogP contribution in [0.4, 0.5) is 8.78 Å². The molecule has 0 N–H and O–H groups in total. The Balaban J connectivity index is 1.65. The molecule has 0 aliphatic heterocycles. The summed E-state index contributed by atoms with van der Waals surface area (Å²) in [5, 5.41) is 12.4. The van der Waals surface area contributed by atoms with Crippen molar-refractivity contribution in [1.82, 2.24) is 0 Å². The average Bonchev–Trinajstić information content (AvgIpc) is 3.63. The molecule has 7 rings (SSSR count). The number of rotatable bonds is 3. The Kier molecular flexibility index (Phi) is 6.37. The third-order valence-corrected chi connectivity index (χ3v) is 11.9. The lowest BCUT2D eigenvalue weighted by Crippen LogP contribution is -2.63. The minimum atomic E-state index is -3.08. The predicted octanol–water partition coefficient (Wildman–Crippen LogP) is 10.8. The standard InChI is InChI=1S/C41H43F2N2O/c1-24-16-18-28-29-19-17-26(23-44)33(37(29)46-36(28)32(24)31-15-11-12-22-45(31)8)30-21-20-27(25-13-9-10-14-25)34-35(30)38(2,3)40(6,7)41(42,43)39(34,4)5/h11-12,15-22,25H,9-10,13-14H2,1-8H3/q+1/i25D. The molecule has 1 saturated carbocycles. The van der Waals surface area contributed by atoms with Crippen molar-refractivity contribution in [2.75, 3.05) is 0 Å². The molecule has 0 radical (unpaired) electrons. The Bertz CT molecular complexity index is 2160. The smallest absolute Gasteiger partial charge is 0.262 e. The summed E-state index contributed by atoms with van der Waals surface area (Å²) < 4.78 is 52.4. The van der Waals surface area contributed by atoms with Crippen LogP contribution in [0.1, 0.15) is 102 Å². The molecule has 0 atom stereocenters. The average molecular weight is 619 g/mol. The molecule has 5 heteroatoms. The number of benzene rings is 3. The summed E-state index contributed by atoms with van der Waals surface area (Å²) in [7, 11) is 2.01. The first-order valence-electron chi connectivity index (χ1n) is 16.9. The highest BCUT2D eigenvalue weighted by molar-refractivity contribution is 6.14. The Morgan fingerprint density at radius 1 is 0.848 bits per heavy atom. The van der Waals surface area contributed by atoms with E-state index in [1.54, 1.807) is 27.7 Å². The second kappa shape index (κ2) is 9.98. The van der Waals surface area contributed by atoms with Gasteiger partial charge in [-0.1, -0.05) is 64.8 Å². The topological polar surface area (TPSA) is 40.8 Å². The Morgan fingerprint density at radius 3 is 2.15 bits per heavy atom. The van der Waals surface area contributed by atoms with Crippen molar-refractivity contribution in [3.05, 3.63) is 88.6 Å². The van der Waals surface area contributed by atoms with Gasteiger partial charge in [-0.05, 0) is 85.5 Å². The number of fused-ring (bicyclic) bond motifs is 4. The molecule has 0 amide bonds. The van der Waals surface area contributed by atoms with Crippen LogP contribution in [-0.2, 0) is 17.9 Å². The van der Waals surface area contributed by atoms with Gasteiger partial charge in [-0.3, -0.25) is 0 Å². The van der Waals surface area contributed by atoms with Crippen LogP contribution in [0.15, 0.2) is 65.2 Å². The quantitative estimate of drug-likeness (QED) is 0.189. The van der Waals surface area contributed by atoms with Gasteiger partial charge in [0, 0.05) is 40.7 Å². The van der Waals surface area contributed by atoms with Crippen LogP contribution in [0.2, 0.25) is 0 Å². The van der Waals surface area contributed by atoms with E-state index in [1.807, 2.05) is 63.5 Å². The van der Waals surface area contributed by atoms with E-state index < -0.39 is 28.1 Å². The van der Waals surface area contributed by atoms with Gasteiger partial charge < -0.3 is 4.42 Å². The zero-order valence-corrected chi connectivity index (χ0v) is 28.2. The number of aryl methyl sites for hydroxylation is 2. The summed E-state index contributed by atoms with van der Waals surface area (Å²) >= 11 is 0. The van der Waals surface area contributed by atoms with Crippen LogP contribution in [0.25, 0.3) is 44.3 Å². The number of hydrogen-bond acceptors (Lipinski definition) is 2. The SMILES string of the molecule is [2H]C1(c2ccc(-c3c(C#N)ccc4c3oc3c(-c5cccc[n+]5C)c(C)ccc34)c3c2C(C)(C)C(F)(F)C(C)(C)C3(C)C)CCCC1. The fourth-order valence-electron chi connectivity index (χ4n) is 8.58. The van der Waals surface area contributed by atoms with Gasteiger partial charge >= 0.3 is 0 Å². The van der Waals surface area contributed by atoms with Crippen LogP contribution in [-0.4, -0.2) is 5.92 Å². The molecule has 0 unspecified atom stereocenters. The molecule has 0 bridgehead atoms. The van der Waals surface area contributed by atoms with Crippen molar-refractivity contribution in [2.45, 2.75) is 96.8 Å². The number of alkyl halides is 2. The summed E-state index contributed by atoms with van der Waals surface area (Å²) in [6, 6.07) is 20.3. The summed E-state index contributed by atoms with van der Waals surface area (Å²) in [4.78, 5) is 0. The zero-order valence-electron chi connectivity index (χ0n) is 29.2. The Hall–Kier alpha value is -4.04. The van der Waals surface area contributed by atoms with Gasteiger partial charge in [0.2, 0.25) is 5.69 Å². The number of furan rings is 1. The number of nitriles is 1. The van der Waals surface area contributed by atoms with Gasteiger partial charge in [0.05, 0.1) is 22.6 Å². The van der Waals surface area contributed by atoms with E-state index in [1.165, 1.54) is 0 Å². The largest absolute Gasteiger partial charge is 0.454 e. The number of nitrogens with zero attached hydrogens (tertiary/aromatic N) is 2. The van der Waals surface area contributed by atoms with Crippen LogP contribution < -0.4 is 4.57 Å². The third-order valence-electron chi connectivity index (χ3n) is 11.9. The van der Waals surface area contributed by atoms with Crippen molar-refractivity contribution in [2.24, 2.45) is 12.5 Å². The third kappa shape index (κ3) is 3.82. The van der Waals surface area contributed by atoms with E-state index in [0.29, 0.717) is 40.7 Å². The lowest BCUT2D eigenvalue weighted by atomic mass is 9.47. The summed E-state index contributed by atoms with van der Waals surface area (Å²) in [6.07, 6.45) is 5.11. The molecule has 0 spiro atoms. The second-order valence-corrected chi connectivity index (χ2v) is 15.1. The summed E-state index contributed by atoms with van der Waals surface area (Å²) in [6.45, 7) is 12.5. The lowest BCUT2D eigenvalue weighted by Gasteiger charge is -2.59. The molecule has 5 aromatic rings. The monoisotopic (exact) mass is 618 g/mol. The first kappa shape index (κ1) is 29.4. The van der Waals surface area contributed by atoms with Gasteiger partial charge in [-0.25, -0.2) is 13.3 Å². The van der Waals surface area contributed by atoms with Gasteiger partial charge in [0.25, 0.3) is 5.92 Å². The highest BCUT2D eigenvalue weighted by Crippen LogP contribution is 2.66. The van der Waals surface area contributed by atoms with Crippen molar-refractivity contribution in [1.29, 1.82) is 5.26 Å². The normalized spacial score (nSPS) is 20.8. The van der Waals surface area contributed by atoms with E-state index in [0.717, 1.165) is 57.1 Å². The maximum atomic E-state index is 16.9. The molecular weight excluding hydrogens is 574 g/mol. The van der Waals surface area contributed by atoms with E-state index in [9.17, 15) is 6.63 Å². The van der Waals surface area contributed by atoms with Crippen LogP contribution >= 0.6 is 0 Å². The second-order valence-electron chi connectivity index (χ2n) is 15.1. The first-order chi connectivity index (χ1) is 22.0. The van der Waals surface area contributed by atoms with E-state index in [2.05, 4.69) is 35.8 Å². The molecule has 1 fully saturated rings. The van der Waals surface area contributed by atoms with E-state index >= 15 is 8.78 Å². The molecular formula is C41H43F2N2O+. The maximum absolute atomic E-state index is 16.9. The first-order valence-corrected chi connectivity index (χ1v) is 16.4. The van der Waals surface area contributed by atoms with Crippen LogP contribution in [0.3, 0.4) is 0 Å². The van der Waals surface area contributed by atoms with Crippen LogP contribution in [0, 0.1) is 23.7 Å². The number of hydrogen-bond donors (Lipinski definition) is 0. The van der Waals surface area contributed by atoms with Crippen molar-refractivity contribution >= 4 is 21.9 Å². The fourth-order valence-corrected chi connectivity index (χ4v) is 8.58. The molecule has 46 heavy (non-hydrogen) atoms. The Labute approximate surface area is 272 Å². The molecule has 236 valence electrons. The molecule has 3 aromatic carbocycles. The Morgan fingerprint density at radius 2 is 1.50 bits per heavy atom. The molecule has 2 aromatic heterocycles. The lowest BCUT2D eigenvalue weighted by molar-refractivity contribution is -0.660. The molecule has 2 aliphatic rings. The maximum Gasteiger partial charge on any atom is 0.262 e. The van der Waals surface area contributed by atoms with Gasteiger partial charge in [0.15, 0.2) is 6.20 Å². The number of pyridine rings is 1. The van der Waals surface area contributed by atoms with E-state index in [-0.39, 0.29) is 0 Å². The minimum Gasteiger partial charge on any atom is -0.454 e. The molecule has 0 saturated heterocycles. The number of aromatic nitrogens is 1. The number of halogens is 2. The summed E-state index contributed by atoms with van der Waals surface area (Å²) in [5.74, 6) is -4.02. The van der Waals surface area contributed by atoms with Crippen LogP contribution in [0.5, 0.6) is 0 Å². The highest BCUT2D eigenvalue weighted by Gasteiger charge is 2.68. The van der Waals surface area contributed by atoms with Crippen molar-refractivity contribution < 1.29 is 19.1 Å². The van der Waals surface area contributed by atoms with E-state index in [4.69, 9.17) is 4.42 Å². The minimum absolute atomic E-state index is 0.431. The summed E-state index contributed by atoms with van der Waals surface area (Å²) in [5.41, 5.74) is 4.15. The zero-order chi connectivity index (χ0) is 33.9.